The second-order valence-corrected chi connectivity index (χ2v) is 7.21. The van der Waals surface area contributed by atoms with Crippen LogP contribution in [0.25, 0.3) is 0 Å². The minimum atomic E-state index is 0.134. The van der Waals surface area contributed by atoms with Gasteiger partial charge in [0.2, 0.25) is 0 Å². The number of nitrogens with zero attached hydrogens (tertiary/aromatic N) is 5. The van der Waals surface area contributed by atoms with E-state index in [2.05, 4.69) is 56.1 Å². The van der Waals surface area contributed by atoms with E-state index in [4.69, 9.17) is 0 Å². The number of rotatable bonds is 5. The second kappa shape index (κ2) is 8.39. The third-order valence-electron chi connectivity index (χ3n) is 5.41. The fraction of sp³-hybridized carbons (Fsp3) is 0.429. The van der Waals surface area contributed by atoms with Gasteiger partial charge in [-0.25, -0.2) is 9.98 Å². The van der Waals surface area contributed by atoms with Crippen LogP contribution in [0.3, 0.4) is 0 Å². The van der Waals surface area contributed by atoms with Gasteiger partial charge in [-0.3, -0.25) is 9.79 Å². The van der Waals surface area contributed by atoms with Crippen LogP contribution in [0.15, 0.2) is 51.3 Å². The van der Waals surface area contributed by atoms with E-state index in [0.717, 1.165) is 38.8 Å². The van der Waals surface area contributed by atoms with E-state index in [9.17, 15) is 4.79 Å². The van der Waals surface area contributed by atoms with Crippen molar-refractivity contribution >= 4 is 30.2 Å². The van der Waals surface area contributed by atoms with Crippen LogP contribution in [0.5, 0.6) is 0 Å². The van der Waals surface area contributed by atoms with Crippen molar-refractivity contribution in [1.29, 1.82) is 0 Å². The van der Waals surface area contributed by atoms with Gasteiger partial charge in [-0.05, 0) is 58.5 Å². The van der Waals surface area contributed by atoms with E-state index < -0.39 is 0 Å². The maximum absolute atomic E-state index is 10.9. The summed E-state index contributed by atoms with van der Waals surface area (Å²) >= 11 is 0. The molecule has 2 aliphatic heterocycles. The molecule has 27 heavy (non-hydrogen) atoms. The zero-order valence-corrected chi connectivity index (χ0v) is 16.3. The summed E-state index contributed by atoms with van der Waals surface area (Å²) in [5, 5.41) is 0. The highest BCUT2D eigenvalue weighted by molar-refractivity contribution is 6.27. The molecule has 3 rings (SSSR count). The fourth-order valence-corrected chi connectivity index (χ4v) is 3.83. The summed E-state index contributed by atoms with van der Waals surface area (Å²) in [5.74, 6) is 0.699. The Hall–Kier alpha value is -2.60. The van der Waals surface area contributed by atoms with E-state index in [0.29, 0.717) is 11.5 Å². The molecule has 0 amide bonds. The third kappa shape index (κ3) is 4.06. The Labute approximate surface area is 161 Å². The number of anilines is 1. The van der Waals surface area contributed by atoms with Gasteiger partial charge in [-0.2, -0.15) is 0 Å². The van der Waals surface area contributed by atoms with Crippen LogP contribution in [0.1, 0.15) is 32.3 Å². The largest absolute Gasteiger partial charge is 0.324 e. The summed E-state index contributed by atoms with van der Waals surface area (Å²) < 4.78 is 0. The molecular formula is C21H27N5O. The van der Waals surface area contributed by atoms with Crippen LogP contribution in [0, 0.1) is 0 Å². The number of piperidine rings is 1. The molecule has 0 aliphatic carbocycles. The molecule has 6 nitrogen and oxygen atoms in total. The summed E-state index contributed by atoms with van der Waals surface area (Å²) in [6.45, 7) is 6.59. The first-order valence-electron chi connectivity index (χ1n) is 9.35. The van der Waals surface area contributed by atoms with E-state index >= 15 is 0 Å². The van der Waals surface area contributed by atoms with Crippen LogP contribution in [-0.2, 0) is 10.2 Å². The lowest BCUT2D eigenvalue weighted by atomic mass is 9.74. The maximum Gasteiger partial charge on any atom is 0.163 e. The normalized spacial score (nSPS) is 20.8. The number of carbonyl (C=O) groups is 1. The van der Waals surface area contributed by atoms with Crippen LogP contribution in [0.4, 0.5) is 5.69 Å². The minimum Gasteiger partial charge on any atom is -0.324 e. The highest BCUT2D eigenvalue weighted by Gasteiger charge is 2.44. The number of likely N-dealkylation sites (tertiary alicyclic amines) is 1. The zero-order chi connectivity index (χ0) is 19.3. The van der Waals surface area contributed by atoms with Crippen molar-refractivity contribution in [2.75, 3.05) is 31.6 Å². The summed E-state index contributed by atoms with van der Waals surface area (Å²) in [7, 11) is 2.18. The SMILES string of the molecule is C/C=N/C=N\C(=C\N=C(/C)C=O)N1CC2(CCN(C)CC2)c2ccccc21. The lowest BCUT2D eigenvalue weighted by Crippen LogP contribution is -2.43. The lowest BCUT2D eigenvalue weighted by molar-refractivity contribution is -0.102. The Morgan fingerprint density at radius 2 is 1.96 bits per heavy atom. The summed E-state index contributed by atoms with van der Waals surface area (Å²) in [6, 6.07) is 8.56. The van der Waals surface area contributed by atoms with Crippen molar-refractivity contribution in [1.82, 2.24) is 4.90 Å². The molecule has 0 unspecified atom stereocenters. The number of para-hydroxylation sites is 1. The van der Waals surface area contributed by atoms with Gasteiger partial charge >= 0.3 is 0 Å². The molecule has 1 aromatic rings. The Bertz CT molecular complexity index is 801. The molecule has 0 atom stereocenters. The first kappa shape index (κ1) is 19.2. The Balaban J connectivity index is 2.01. The second-order valence-electron chi connectivity index (χ2n) is 7.21. The smallest absolute Gasteiger partial charge is 0.163 e. The monoisotopic (exact) mass is 365 g/mol. The Morgan fingerprint density at radius 1 is 1.22 bits per heavy atom. The van der Waals surface area contributed by atoms with Gasteiger partial charge in [0.25, 0.3) is 0 Å². The molecule has 0 aromatic heterocycles. The van der Waals surface area contributed by atoms with Gasteiger partial charge in [0.1, 0.15) is 6.34 Å². The Kier molecular flexibility index (Phi) is 5.96. The molecule has 1 saturated heterocycles. The van der Waals surface area contributed by atoms with Crippen molar-refractivity contribution in [2.24, 2.45) is 15.0 Å². The number of carbonyl (C=O) groups excluding carboxylic acids is 1. The number of aliphatic imine (C=N–C) groups is 3. The van der Waals surface area contributed by atoms with Gasteiger partial charge < -0.3 is 9.80 Å². The van der Waals surface area contributed by atoms with Crippen LogP contribution in [0.2, 0.25) is 0 Å². The number of aldehydes is 1. The van der Waals surface area contributed by atoms with Gasteiger partial charge in [0, 0.05) is 23.9 Å². The van der Waals surface area contributed by atoms with E-state index in [1.165, 1.54) is 17.6 Å². The minimum absolute atomic E-state index is 0.134. The quantitative estimate of drug-likeness (QED) is 0.458. The molecule has 1 aromatic carbocycles. The molecule has 0 saturated carbocycles. The summed E-state index contributed by atoms with van der Waals surface area (Å²) in [4.78, 5) is 28.4. The van der Waals surface area contributed by atoms with Crippen molar-refractivity contribution in [3.8, 4) is 0 Å². The topological polar surface area (TPSA) is 60.6 Å². The average Bonchev–Trinajstić information content (AvgIpc) is 3.01. The standard InChI is InChI=1S/C21H27N5O/c1-4-22-16-24-20(13-23-17(2)14-27)26-15-21(9-11-25(3)12-10-21)18-7-5-6-8-19(18)26/h4-8,13-14,16H,9-12,15H2,1-3H3/b20-13-,22-4+,23-17+,24-16-. The number of benzene rings is 1. The first-order chi connectivity index (χ1) is 13.1. The van der Waals surface area contributed by atoms with Crippen molar-refractivity contribution < 1.29 is 4.79 Å². The van der Waals surface area contributed by atoms with Gasteiger partial charge in [0.15, 0.2) is 12.1 Å². The van der Waals surface area contributed by atoms with Crippen molar-refractivity contribution in [3.05, 3.63) is 41.8 Å². The lowest BCUT2D eigenvalue weighted by Gasteiger charge is -2.38. The third-order valence-corrected chi connectivity index (χ3v) is 5.41. The molecule has 1 spiro atoms. The molecule has 0 bridgehead atoms. The van der Waals surface area contributed by atoms with Crippen molar-refractivity contribution in [2.45, 2.75) is 32.1 Å². The van der Waals surface area contributed by atoms with E-state index in [1.54, 1.807) is 19.3 Å². The molecule has 2 aliphatic rings. The summed E-state index contributed by atoms with van der Waals surface area (Å²) in [6.07, 6.45) is 7.88. The molecule has 0 radical (unpaired) electrons. The average molecular weight is 365 g/mol. The van der Waals surface area contributed by atoms with Gasteiger partial charge in [-0.1, -0.05) is 18.2 Å². The molecule has 142 valence electrons. The first-order valence-corrected chi connectivity index (χ1v) is 9.35. The fourth-order valence-electron chi connectivity index (χ4n) is 3.83. The van der Waals surface area contributed by atoms with Gasteiger partial charge in [0.05, 0.1) is 11.9 Å². The summed E-state index contributed by atoms with van der Waals surface area (Å²) in [5.41, 5.74) is 3.11. The molecule has 6 heteroatoms. The zero-order valence-electron chi connectivity index (χ0n) is 16.3. The van der Waals surface area contributed by atoms with Crippen LogP contribution >= 0.6 is 0 Å². The van der Waals surface area contributed by atoms with Crippen LogP contribution < -0.4 is 4.90 Å². The Morgan fingerprint density at radius 3 is 2.67 bits per heavy atom. The van der Waals surface area contributed by atoms with E-state index in [1.807, 2.05) is 6.92 Å². The maximum atomic E-state index is 10.9. The van der Waals surface area contributed by atoms with E-state index in [-0.39, 0.29) is 5.41 Å². The number of hydrogen-bond acceptors (Lipinski definition) is 5. The predicted molar refractivity (Wildman–Crippen MR) is 112 cm³/mol. The highest BCUT2D eigenvalue weighted by Crippen LogP contribution is 2.48. The number of hydrogen-bond donors (Lipinski definition) is 0. The van der Waals surface area contributed by atoms with Crippen molar-refractivity contribution in [3.63, 3.8) is 0 Å². The molecule has 1 fully saturated rings. The molecule has 2 heterocycles. The van der Waals surface area contributed by atoms with Gasteiger partial charge in [-0.15, -0.1) is 0 Å². The number of fused-ring (bicyclic) bond motifs is 2. The predicted octanol–water partition coefficient (Wildman–Crippen LogP) is 3.05. The van der Waals surface area contributed by atoms with Crippen LogP contribution in [-0.4, -0.2) is 56.1 Å². The molecular weight excluding hydrogens is 338 g/mol. The highest BCUT2D eigenvalue weighted by atomic mass is 16.1. The molecule has 0 N–H and O–H groups in total.